The van der Waals surface area contributed by atoms with E-state index in [2.05, 4.69) is 34.7 Å². The number of alkyl halides is 1. The molecule has 0 fully saturated rings. The highest BCUT2D eigenvalue weighted by atomic mass is 79.9. The number of ketones is 1. The average molecular weight is 231 g/mol. The van der Waals surface area contributed by atoms with Crippen molar-refractivity contribution in [2.24, 2.45) is 0 Å². The quantitative estimate of drug-likeness (QED) is 0.307. The molecule has 0 aromatic carbocycles. The smallest absolute Gasteiger partial charge is 0.205 e. The first-order valence-corrected chi connectivity index (χ1v) is 5.51. The summed E-state index contributed by atoms with van der Waals surface area (Å²) in [4.78, 5) is 11.0. The van der Waals surface area contributed by atoms with Crippen LogP contribution in [0.25, 0.3) is 0 Å². The highest BCUT2D eigenvalue weighted by molar-refractivity contribution is 9.09. The largest absolute Gasteiger partial charge is 0.285 e. The molecule has 0 unspecified atom stereocenters. The summed E-state index contributed by atoms with van der Waals surface area (Å²) in [6.45, 7) is 2.07. The summed E-state index contributed by atoms with van der Waals surface area (Å²) in [7, 11) is 0. The maximum absolute atomic E-state index is 11.0. The van der Waals surface area contributed by atoms with Gasteiger partial charge in [0.1, 0.15) is 0 Å². The number of carbonyl (C=O) groups is 1. The Morgan fingerprint density at radius 2 is 2.17 bits per heavy atom. The maximum atomic E-state index is 11.0. The minimum Gasteiger partial charge on any atom is -0.285 e. The van der Waals surface area contributed by atoms with Gasteiger partial charge in [-0.15, -0.1) is 0 Å². The van der Waals surface area contributed by atoms with Crippen LogP contribution in [0.4, 0.5) is 0 Å². The fraction of sp³-hybridized carbons (Fsp3) is 0.700. The zero-order chi connectivity index (χ0) is 9.23. The van der Waals surface area contributed by atoms with Crippen LogP contribution < -0.4 is 0 Å². The van der Waals surface area contributed by atoms with Crippen molar-refractivity contribution in [1.29, 1.82) is 0 Å². The summed E-state index contributed by atoms with van der Waals surface area (Å²) < 4.78 is 0. The van der Waals surface area contributed by atoms with Gasteiger partial charge in [0.2, 0.25) is 5.78 Å². The third-order valence-corrected chi connectivity index (χ3v) is 1.98. The SMILES string of the molecule is CCCCC(=O)C#CCCCBr. The highest BCUT2D eigenvalue weighted by Gasteiger charge is 1.93. The molecular formula is C10H15BrO. The van der Waals surface area contributed by atoms with Crippen LogP contribution in [0.5, 0.6) is 0 Å². The zero-order valence-electron chi connectivity index (χ0n) is 7.53. The molecule has 0 heterocycles. The number of hydrogen-bond acceptors (Lipinski definition) is 1. The van der Waals surface area contributed by atoms with E-state index in [1.54, 1.807) is 0 Å². The van der Waals surface area contributed by atoms with Crippen molar-refractivity contribution in [1.82, 2.24) is 0 Å². The molecule has 0 aromatic rings. The molecule has 1 nitrogen and oxygen atoms in total. The number of Topliss-reactive ketones (excluding diaryl/α,β-unsaturated/α-hetero) is 1. The van der Waals surface area contributed by atoms with Crippen molar-refractivity contribution in [3.63, 3.8) is 0 Å². The average Bonchev–Trinajstić information content (AvgIpc) is 2.09. The number of hydrogen-bond donors (Lipinski definition) is 0. The van der Waals surface area contributed by atoms with E-state index in [4.69, 9.17) is 0 Å². The fourth-order valence-electron chi connectivity index (χ4n) is 0.716. The molecule has 0 spiro atoms. The summed E-state index contributed by atoms with van der Waals surface area (Å²) in [5, 5.41) is 0.963. The molecule has 0 saturated carbocycles. The molecule has 0 rings (SSSR count). The van der Waals surface area contributed by atoms with Gasteiger partial charge in [0.15, 0.2) is 0 Å². The lowest BCUT2D eigenvalue weighted by Crippen LogP contribution is -1.91. The first-order chi connectivity index (χ1) is 5.81. The topological polar surface area (TPSA) is 17.1 Å². The Labute approximate surface area is 83.1 Å². The molecule has 0 aliphatic carbocycles. The summed E-state index contributed by atoms with van der Waals surface area (Å²) in [6, 6.07) is 0. The van der Waals surface area contributed by atoms with Gasteiger partial charge in [0.05, 0.1) is 0 Å². The van der Waals surface area contributed by atoms with E-state index in [0.29, 0.717) is 6.42 Å². The second-order valence-corrected chi connectivity index (χ2v) is 3.41. The van der Waals surface area contributed by atoms with Gasteiger partial charge in [-0.3, -0.25) is 4.79 Å². The van der Waals surface area contributed by atoms with E-state index in [9.17, 15) is 4.79 Å². The second-order valence-electron chi connectivity index (χ2n) is 2.62. The predicted molar refractivity (Wildman–Crippen MR) is 55.3 cm³/mol. The minimum atomic E-state index is 0.0893. The Bertz CT molecular complexity index is 176. The third-order valence-electron chi connectivity index (χ3n) is 1.42. The van der Waals surface area contributed by atoms with Gasteiger partial charge in [-0.1, -0.05) is 35.2 Å². The van der Waals surface area contributed by atoms with Gasteiger partial charge >= 0.3 is 0 Å². The van der Waals surface area contributed by atoms with E-state index >= 15 is 0 Å². The third kappa shape index (κ3) is 7.81. The molecule has 68 valence electrons. The lowest BCUT2D eigenvalue weighted by molar-refractivity contribution is -0.113. The van der Waals surface area contributed by atoms with Gasteiger partial charge in [0, 0.05) is 18.2 Å². The Hall–Kier alpha value is -0.290. The summed E-state index contributed by atoms with van der Waals surface area (Å²) in [5.74, 6) is 5.60. The van der Waals surface area contributed by atoms with Gasteiger partial charge in [-0.05, 0) is 18.8 Å². The molecule has 0 radical (unpaired) electrons. The monoisotopic (exact) mass is 230 g/mol. The molecule has 0 N–H and O–H groups in total. The Morgan fingerprint density at radius 1 is 1.42 bits per heavy atom. The maximum Gasteiger partial charge on any atom is 0.205 e. The van der Waals surface area contributed by atoms with Crippen LogP contribution in [-0.4, -0.2) is 11.1 Å². The number of carbonyl (C=O) groups excluding carboxylic acids is 1. The first-order valence-electron chi connectivity index (χ1n) is 4.39. The van der Waals surface area contributed by atoms with Crippen LogP contribution in [0.15, 0.2) is 0 Å². The predicted octanol–water partition coefficient (Wildman–Crippen LogP) is 2.92. The molecule has 0 bridgehead atoms. The van der Waals surface area contributed by atoms with Gasteiger partial charge in [-0.2, -0.15) is 0 Å². The normalized spacial score (nSPS) is 8.83. The van der Waals surface area contributed by atoms with Crippen LogP contribution in [-0.2, 0) is 4.79 Å². The van der Waals surface area contributed by atoms with Crippen molar-refractivity contribution in [2.75, 3.05) is 5.33 Å². The van der Waals surface area contributed by atoms with Crippen molar-refractivity contribution >= 4 is 21.7 Å². The van der Waals surface area contributed by atoms with Crippen LogP contribution in [0, 0.1) is 11.8 Å². The van der Waals surface area contributed by atoms with E-state index < -0.39 is 0 Å². The summed E-state index contributed by atoms with van der Waals surface area (Å²) in [6.07, 6.45) is 4.50. The first kappa shape index (κ1) is 11.7. The standard InChI is InChI=1S/C10H15BrO/c1-2-3-7-10(12)8-5-4-6-9-11/h2-4,6-7,9H2,1H3. The molecule has 0 atom stereocenters. The van der Waals surface area contributed by atoms with E-state index in [-0.39, 0.29) is 5.78 Å². The van der Waals surface area contributed by atoms with Crippen LogP contribution >= 0.6 is 15.9 Å². The molecular weight excluding hydrogens is 216 g/mol. The number of rotatable bonds is 5. The van der Waals surface area contributed by atoms with Gasteiger partial charge in [0.25, 0.3) is 0 Å². The highest BCUT2D eigenvalue weighted by Crippen LogP contribution is 1.95. The minimum absolute atomic E-state index is 0.0893. The molecule has 0 amide bonds. The van der Waals surface area contributed by atoms with Crippen molar-refractivity contribution in [3.05, 3.63) is 0 Å². The fourth-order valence-corrected chi connectivity index (χ4v) is 0.996. The molecule has 0 aromatic heterocycles. The van der Waals surface area contributed by atoms with E-state index in [0.717, 1.165) is 31.0 Å². The molecule has 0 saturated heterocycles. The lowest BCUT2D eigenvalue weighted by Gasteiger charge is -1.88. The number of unbranched alkanes of at least 4 members (excludes halogenated alkanes) is 2. The van der Waals surface area contributed by atoms with Crippen LogP contribution in [0.2, 0.25) is 0 Å². The van der Waals surface area contributed by atoms with Gasteiger partial charge in [-0.25, -0.2) is 0 Å². The molecule has 0 aliphatic rings. The zero-order valence-corrected chi connectivity index (χ0v) is 9.11. The summed E-state index contributed by atoms with van der Waals surface area (Å²) in [5.41, 5.74) is 0. The van der Waals surface area contributed by atoms with Crippen molar-refractivity contribution in [3.8, 4) is 11.8 Å². The summed E-state index contributed by atoms with van der Waals surface area (Å²) >= 11 is 3.31. The van der Waals surface area contributed by atoms with E-state index in [1.165, 1.54) is 0 Å². The van der Waals surface area contributed by atoms with Crippen LogP contribution in [0.3, 0.4) is 0 Å². The van der Waals surface area contributed by atoms with Crippen LogP contribution in [0.1, 0.15) is 39.0 Å². The Kier molecular flexibility index (Phi) is 8.59. The van der Waals surface area contributed by atoms with E-state index in [1.807, 2.05) is 0 Å². The molecule has 2 heteroatoms. The molecule has 0 aliphatic heterocycles. The Balaban J connectivity index is 3.43. The Morgan fingerprint density at radius 3 is 2.75 bits per heavy atom. The lowest BCUT2D eigenvalue weighted by atomic mass is 10.2. The van der Waals surface area contributed by atoms with Crippen molar-refractivity contribution in [2.45, 2.75) is 39.0 Å². The van der Waals surface area contributed by atoms with Crippen molar-refractivity contribution < 1.29 is 4.79 Å². The van der Waals surface area contributed by atoms with Gasteiger partial charge < -0.3 is 0 Å². The number of halogens is 1. The second kappa shape index (κ2) is 8.80. The molecule has 12 heavy (non-hydrogen) atoms.